The van der Waals surface area contributed by atoms with Crippen molar-refractivity contribution >= 4 is 39.9 Å². The number of nitrogens with zero attached hydrogens (tertiary/aromatic N) is 2. The molecule has 2 amide bonds. The highest BCUT2D eigenvalue weighted by atomic mass is 35.5. The summed E-state index contributed by atoms with van der Waals surface area (Å²) in [6, 6.07) is 5.89. The summed E-state index contributed by atoms with van der Waals surface area (Å²) in [4.78, 5) is 25.3. The van der Waals surface area contributed by atoms with E-state index in [2.05, 4.69) is 10.6 Å². The van der Waals surface area contributed by atoms with Crippen molar-refractivity contribution in [3.63, 3.8) is 0 Å². The molecule has 0 bridgehead atoms. The number of likely N-dealkylation sites (tertiary alicyclic amines) is 1. The van der Waals surface area contributed by atoms with Gasteiger partial charge < -0.3 is 15.5 Å². The van der Waals surface area contributed by atoms with Crippen LogP contribution < -0.4 is 10.6 Å². The number of hydrogen-bond donors (Lipinski definition) is 2. The molecule has 0 aromatic heterocycles. The van der Waals surface area contributed by atoms with Gasteiger partial charge in [0.25, 0.3) is 0 Å². The molecule has 1 aromatic rings. The van der Waals surface area contributed by atoms with Gasteiger partial charge in [-0.2, -0.15) is 4.31 Å². The van der Waals surface area contributed by atoms with Crippen LogP contribution in [-0.4, -0.2) is 69.7 Å². The number of anilines is 1. The zero-order chi connectivity index (χ0) is 20.0. The van der Waals surface area contributed by atoms with E-state index in [4.69, 9.17) is 0 Å². The number of carbonyl (C=O) groups excluding carboxylic acids is 2. The average Bonchev–Trinajstić information content (AvgIpc) is 2.62. The number of benzene rings is 1. The van der Waals surface area contributed by atoms with Gasteiger partial charge in [-0.3, -0.25) is 9.59 Å². The smallest absolute Gasteiger partial charge is 0.243 e. The first kappa shape index (κ1) is 24.4. The molecule has 158 valence electrons. The second-order valence-corrected chi connectivity index (χ2v) is 8.89. The lowest BCUT2D eigenvalue weighted by atomic mass is 9.97. The number of likely N-dealkylation sites (N-methyl/N-ethyl adjacent to an activating group) is 1. The summed E-state index contributed by atoms with van der Waals surface area (Å²) in [5.74, 6) is 0.147. The van der Waals surface area contributed by atoms with Gasteiger partial charge in [0.05, 0.1) is 11.4 Å². The van der Waals surface area contributed by atoms with Crippen molar-refractivity contribution in [3.05, 3.63) is 24.3 Å². The van der Waals surface area contributed by atoms with Crippen LogP contribution in [0.15, 0.2) is 29.2 Å². The quantitative estimate of drug-likeness (QED) is 0.673. The van der Waals surface area contributed by atoms with Crippen LogP contribution in [0.1, 0.15) is 19.8 Å². The third-order valence-corrected chi connectivity index (χ3v) is 6.52. The molecule has 1 fully saturated rings. The molecule has 0 aliphatic carbocycles. The van der Waals surface area contributed by atoms with Crippen LogP contribution in [0.4, 0.5) is 5.69 Å². The van der Waals surface area contributed by atoms with Gasteiger partial charge in [-0.1, -0.05) is 0 Å². The SMILES string of the molecule is CNCC1CCN(C(=O)CN(C)S(=O)(=O)c2ccc(NC(C)=O)cc2)CC1.Cl. The minimum Gasteiger partial charge on any atom is -0.342 e. The van der Waals surface area contributed by atoms with E-state index in [0.29, 0.717) is 24.7 Å². The summed E-state index contributed by atoms with van der Waals surface area (Å²) in [5.41, 5.74) is 0.518. The number of halogens is 1. The van der Waals surface area contributed by atoms with Crippen molar-refractivity contribution in [2.45, 2.75) is 24.7 Å². The largest absolute Gasteiger partial charge is 0.342 e. The van der Waals surface area contributed by atoms with E-state index in [1.165, 1.54) is 38.2 Å². The molecule has 1 aliphatic rings. The molecule has 0 atom stereocenters. The van der Waals surface area contributed by atoms with E-state index >= 15 is 0 Å². The molecule has 8 nitrogen and oxygen atoms in total. The third-order valence-electron chi connectivity index (χ3n) is 4.70. The minimum absolute atomic E-state index is 0. The Labute approximate surface area is 173 Å². The topological polar surface area (TPSA) is 98.8 Å². The molecular formula is C18H29ClN4O4S. The standard InChI is InChI=1S/C18H28N4O4S.ClH/c1-14(23)20-16-4-6-17(7-5-16)27(25,26)21(3)13-18(24)22-10-8-15(9-11-22)12-19-2;/h4-7,15,19H,8-13H2,1-3H3,(H,20,23);1H. The first-order valence-electron chi connectivity index (χ1n) is 9.00. The van der Waals surface area contributed by atoms with Gasteiger partial charge in [0.15, 0.2) is 0 Å². The van der Waals surface area contributed by atoms with Gasteiger partial charge in [-0.25, -0.2) is 8.42 Å². The van der Waals surface area contributed by atoms with Crippen LogP contribution in [-0.2, 0) is 19.6 Å². The highest BCUT2D eigenvalue weighted by molar-refractivity contribution is 7.89. The molecule has 1 aliphatic heterocycles. The number of carbonyl (C=O) groups is 2. The van der Waals surface area contributed by atoms with E-state index in [-0.39, 0.29) is 35.7 Å². The normalized spacial score (nSPS) is 15.2. The van der Waals surface area contributed by atoms with Crippen molar-refractivity contribution in [2.24, 2.45) is 5.92 Å². The van der Waals surface area contributed by atoms with Gasteiger partial charge in [0, 0.05) is 32.7 Å². The maximum Gasteiger partial charge on any atom is 0.243 e. The molecule has 0 saturated carbocycles. The van der Waals surface area contributed by atoms with Crippen molar-refractivity contribution in [1.29, 1.82) is 0 Å². The van der Waals surface area contributed by atoms with Crippen LogP contribution in [0.2, 0.25) is 0 Å². The second-order valence-electron chi connectivity index (χ2n) is 6.85. The Morgan fingerprint density at radius 3 is 2.25 bits per heavy atom. The first-order chi connectivity index (χ1) is 12.7. The number of sulfonamides is 1. The van der Waals surface area contributed by atoms with Crippen LogP contribution in [0.25, 0.3) is 0 Å². The lowest BCUT2D eigenvalue weighted by molar-refractivity contribution is -0.132. The highest BCUT2D eigenvalue weighted by Crippen LogP contribution is 2.19. The van der Waals surface area contributed by atoms with Crippen molar-refractivity contribution in [1.82, 2.24) is 14.5 Å². The maximum atomic E-state index is 12.7. The van der Waals surface area contributed by atoms with Crippen LogP contribution in [0.3, 0.4) is 0 Å². The predicted octanol–water partition coefficient (Wildman–Crippen LogP) is 1.15. The fraction of sp³-hybridized carbons (Fsp3) is 0.556. The van der Waals surface area contributed by atoms with E-state index in [0.717, 1.165) is 23.7 Å². The molecular weight excluding hydrogens is 404 g/mol. The lowest BCUT2D eigenvalue weighted by Gasteiger charge is -2.32. The van der Waals surface area contributed by atoms with Crippen molar-refractivity contribution < 1.29 is 18.0 Å². The molecule has 1 aromatic carbocycles. The fourth-order valence-corrected chi connectivity index (χ4v) is 4.26. The highest BCUT2D eigenvalue weighted by Gasteiger charge is 2.27. The third kappa shape index (κ3) is 6.44. The van der Waals surface area contributed by atoms with Gasteiger partial charge in [-0.15, -0.1) is 12.4 Å². The number of piperidine rings is 1. The zero-order valence-corrected chi connectivity index (χ0v) is 18.1. The van der Waals surface area contributed by atoms with Gasteiger partial charge in [-0.05, 0) is 56.6 Å². The Kier molecular flexibility index (Phi) is 9.35. The molecule has 1 heterocycles. The number of rotatable bonds is 7. The Morgan fingerprint density at radius 1 is 1.18 bits per heavy atom. The van der Waals surface area contributed by atoms with Gasteiger partial charge in [0.1, 0.15) is 0 Å². The van der Waals surface area contributed by atoms with Crippen LogP contribution in [0.5, 0.6) is 0 Å². The Bertz CT molecular complexity index is 762. The number of hydrogen-bond acceptors (Lipinski definition) is 5. The predicted molar refractivity (Wildman–Crippen MR) is 111 cm³/mol. The van der Waals surface area contributed by atoms with Crippen LogP contribution in [0, 0.1) is 5.92 Å². The Balaban J connectivity index is 0.00000392. The summed E-state index contributed by atoms with van der Waals surface area (Å²) < 4.78 is 26.4. The van der Waals surface area contributed by atoms with Crippen molar-refractivity contribution in [2.75, 3.05) is 45.6 Å². The summed E-state index contributed by atoms with van der Waals surface area (Å²) in [6.07, 6.45) is 1.85. The monoisotopic (exact) mass is 432 g/mol. The average molecular weight is 433 g/mol. The van der Waals surface area contributed by atoms with Crippen LogP contribution >= 0.6 is 12.4 Å². The zero-order valence-electron chi connectivity index (χ0n) is 16.5. The van der Waals surface area contributed by atoms with Gasteiger partial charge in [0.2, 0.25) is 21.8 Å². The minimum atomic E-state index is -3.77. The summed E-state index contributed by atoms with van der Waals surface area (Å²) in [5, 5.41) is 5.74. The molecule has 0 unspecified atom stereocenters. The lowest BCUT2D eigenvalue weighted by Crippen LogP contribution is -2.45. The molecule has 1 saturated heterocycles. The second kappa shape index (κ2) is 10.8. The maximum absolute atomic E-state index is 12.7. The number of amides is 2. The van der Waals surface area contributed by atoms with E-state index in [1.54, 1.807) is 4.90 Å². The van der Waals surface area contributed by atoms with Crippen molar-refractivity contribution in [3.8, 4) is 0 Å². The molecule has 0 radical (unpaired) electrons. The molecule has 2 rings (SSSR count). The fourth-order valence-electron chi connectivity index (χ4n) is 3.14. The molecule has 28 heavy (non-hydrogen) atoms. The Morgan fingerprint density at radius 2 is 1.75 bits per heavy atom. The molecule has 0 spiro atoms. The van der Waals surface area contributed by atoms with E-state index in [1.807, 2.05) is 7.05 Å². The van der Waals surface area contributed by atoms with Gasteiger partial charge >= 0.3 is 0 Å². The summed E-state index contributed by atoms with van der Waals surface area (Å²) >= 11 is 0. The van der Waals surface area contributed by atoms with E-state index < -0.39 is 10.0 Å². The molecule has 10 heteroatoms. The summed E-state index contributed by atoms with van der Waals surface area (Å²) in [7, 11) is -0.452. The first-order valence-corrected chi connectivity index (χ1v) is 10.4. The van der Waals surface area contributed by atoms with E-state index in [9.17, 15) is 18.0 Å². The molecule has 2 N–H and O–H groups in total. The Hall–Kier alpha value is -1.68. The number of nitrogens with one attached hydrogen (secondary N) is 2. The summed E-state index contributed by atoms with van der Waals surface area (Å²) in [6.45, 7) is 3.44.